The number of piperidine rings is 1. The smallest absolute Gasteiger partial charge is 0.312 e. The summed E-state index contributed by atoms with van der Waals surface area (Å²) in [6.45, 7) is 3.94. The predicted molar refractivity (Wildman–Crippen MR) is 97.1 cm³/mol. The van der Waals surface area contributed by atoms with Gasteiger partial charge in [-0.25, -0.2) is 0 Å². The van der Waals surface area contributed by atoms with Crippen molar-refractivity contribution in [3.63, 3.8) is 0 Å². The van der Waals surface area contributed by atoms with Crippen molar-refractivity contribution < 1.29 is 28.3 Å². The highest BCUT2D eigenvalue weighted by molar-refractivity contribution is 6.35. The summed E-state index contributed by atoms with van der Waals surface area (Å²) < 4.78 is 10.2. The van der Waals surface area contributed by atoms with E-state index in [2.05, 4.69) is 0 Å². The fourth-order valence-electron chi connectivity index (χ4n) is 3.55. The van der Waals surface area contributed by atoms with Crippen LogP contribution in [-0.2, 0) is 19.1 Å². The molecule has 1 unspecified atom stereocenters. The fourth-order valence-corrected chi connectivity index (χ4v) is 3.55. The van der Waals surface area contributed by atoms with Crippen molar-refractivity contribution in [1.82, 2.24) is 14.7 Å². The number of carbonyl (C=O) groups excluding carboxylic acids is 4. The molecular formula is C19H25N3O6. The van der Waals surface area contributed by atoms with Gasteiger partial charge in [-0.15, -0.1) is 0 Å². The van der Waals surface area contributed by atoms with Crippen LogP contribution >= 0.6 is 0 Å². The molecule has 2 aliphatic rings. The number of furan rings is 1. The molecule has 0 aliphatic carbocycles. The van der Waals surface area contributed by atoms with Crippen molar-refractivity contribution in [3.8, 4) is 0 Å². The van der Waals surface area contributed by atoms with Crippen LogP contribution in [0.4, 0.5) is 0 Å². The predicted octanol–water partition coefficient (Wildman–Crippen LogP) is 0.366. The highest BCUT2D eigenvalue weighted by Crippen LogP contribution is 2.19. The number of nitrogens with zero attached hydrogens (tertiary/aromatic N) is 3. The van der Waals surface area contributed by atoms with E-state index in [-0.39, 0.29) is 43.2 Å². The summed E-state index contributed by atoms with van der Waals surface area (Å²) in [5.74, 6) is -1.86. The molecule has 0 spiro atoms. The van der Waals surface area contributed by atoms with Gasteiger partial charge in [0, 0.05) is 39.3 Å². The maximum atomic E-state index is 12.6. The maximum absolute atomic E-state index is 12.6. The second-order valence-electron chi connectivity index (χ2n) is 6.90. The Balaban J connectivity index is 1.52. The van der Waals surface area contributed by atoms with Gasteiger partial charge in [-0.3, -0.25) is 19.2 Å². The van der Waals surface area contributed by atoms with Crippen molar-refractivity contribution in [2.24, 2.45) is 5.92 Å². The number of piperazine rings is 1. The second-order valence-corrected chi connectivity index (χ2v) is 6.90. The van der Waals surface area contributed by atoms with E-state index in [9.17, 15) is 19.2 Å². The lowest BCUT2D eigenvalue weighted by Crippen LogP contribution is -2.55. The topological polar surface area (TPSA) is 100 Å². The Kier molecular flexibility index (Phi) is 6.33. The van der Waals surface area contributed by atoms with Gasteiger partial charge in [-0.05, 0) is 31.9 Å². The van der Waals surface area contributed by atoms with Crippen LogP contribution in [0, 0.1) is 5.92 Å². The van der Waals surface area contributed by atoms with E-state index < -0.39 is 11.8 Å². The molecule has 1 atom stereocenters. The van der Waals surface area contributed by atoms with Crippen molar-refractivity contribution in [2.75, 3.05) is 45.9 Å². The highest BCUT2D eigenvalue weighted by Gasteiger charge is 2.35. The molecule has 1 aromatic heterocycles. The van der Waals surface area contributed by atoms with Crippen molar-refractivity contribution in [2.45, 2.75) is 19.8 Å². The Labute approximate surface area is 163 Å². The molecule has 0 N–H and O–H groups in total. The first-order valence-electron chi connectivity index (χ1n) is 9.58. The molecule has 9 heteroatoms. The Bertz CT molecular complexity index is 724. The molecule has 3 heterocycles. The largest absolute Gasteiger partial charge is 0.466 e. The summed E-state index contributed by atoms with van der Waals surface area (Å²) in [5, 5.41) is 0. The number of hydrogen-bond acceptors (Lipinski definition) is 6. The first-order chi connectivity index (χ1) is 13.5. The van der Waals surface area contributed by atoms with Crippen LogP contribution in [0.3, 0.4) is 0 Å². The van der Waals surface area contributed by atoms with Gasteiger partial charge in [-0.2, -0.15) is 0 Å². The van der Waals surface area contributed by atoms with Gasteiger partial charge in [0.2, 0.25) is 0 Å². The SMILES string of the molecule is CCOC(=O)C1CCCN(C(=O)C(=O)N2CCN(C(=O)c3ccco3)CC2)C1. The lowest BCUT2D eigenvalue weighted by Gasteiger charge is -2.36. The van der Waals surface area contributed by atoms with Crippen LogP contribution in [0.1, 0.15) is 30.3 Å². The quantitative estimate of drug-likeness (QED) is 0.545. The number of esters is 1. The van der Waals surface area contributed by atoms with Crippen molar-refractivity contribution in [1.29, 1.82) is 0 Å². The molecule has 1 aromatic rings. The minimum absolute atomic E-state index is 0.209. The maximum Gasteiger partial charge on any atom is 0.312 e. The summed E-state index contributed by atoms with van der Waals surface area (Å²) in [6.07, 6.45) is 2.76. The van der Waals surface area contributed by atoms with E-state index in [0.717, 1.165) is 0 Å². The first-order valence-corrected chi connectivity index (χ1v) is 9.58. The fraction of sp³-hybridized carbons (Fsp3) is 0.579. The third kappa shape index (κ3) is 4.35. The van der Waals surface area contributed by atoms with E-state index in [4.69, 9.17) is 9.15 Å². The molecule has 0 radical (unpaired) electrons. The van der Waals surface area contributed by atoms with E-state index in [1.807, 2.05) is 0 Å². The molecule has 2 saturated heterocycles. The summed E-state index contributed by atoms with van der Waals surface area (Å²) >= 11 is 0. The van der Waals surface area contributed by atoms with Crippen molar-refractivity contribution in [3.05, 3.63) is 24.2 Å². The molecular weight excluding hydrogens is 366 g/mol. The molecule has 3 amide bonds. The van der Waals surface area contributed by atoms with Gasteiger partial charge in [0.05, 0.1) is 18.8 Å². The van der Waals surface area contributed by atoms with Gasteiger partial charge >= 0.3 is 17.8 Å². The number of rotatable bonds is 3. The van der Waals surface area contributed by atoms with Gasteiger partial charge in [-0.1, -0.05) is 0 Å². The molecule has 152 valence electrons. The lowest BCUT2D eigenvalue weighted by atomic mass is 9.98. The summed E-state index contributed by atoms with van der Waals surface area (Å²) in [5.41, 5.74) is 0. The molecule has 28 heavy (non-hydrogen) atoms. The molecule has 0 bridgehead atoms. The molecule has 2 fully saturated rings. The van der Waals surface area contributed by atoms with Gasteiger partial charge in [0.1, 0.15) is 0 Å². The third-order valence-electron chi connectivity index (χ3n) is 5.10. The van der Waals surface area contributed by atoms with Crippen LogP contribution in [0.15, 0.2) is 22.8 Å². The Morgan fingerprint density at radius 2 is 1.71 bits per heavy atom. The molecule has 9 nitrogen and oxygen atoms in total. The van der Waals surface area contributed by atoms with Crippen LogP contribution in [0.2, 0.25) is 0 Å². The number of amides is 3. The van der Waals surface area contributed by atoms with E-state index in [0.29, 0.717) is 39.1 Å². The van der Waals surface area contributed by atoms with E-state index in [1.165, 1.54) is 16.1 Å². The summed E-state index contributed by atoms with van der Waals surface area (Å²) in [4.78, 5) is 53.9. The van der Waals surface area contributed by atoms with E-state index in [1.54, 1.807) is 24.0 Å². The molecule has 0 aromatic carbocycles. The summed E-state index contributed by atoms with van der Waals surface area (Å²) in [6, 6.07) is 3.24. The Hall–Kier alpha value is -2.84. The van der Waals surface area contributed by atoms with Crippen LogP contribution < -0.4 is 0 Å². The standard InChI is InChI=1S/C19H25N3O6/c1-2-27-19(26)14-5-3-7-22(13-14)18(25)17(24)21-10-8-20(9-11-21)16(23)15-6-4-12-28-15/h4,6,12,14H,2-3,5,7-11,13H2,1H3. The lowest BCUT2D eigenvalue weighted by molar-refractivity contribution is -0.157. The number of hydrogen-bond donors (Lipinski definition) is 0. The van der Waals surface area contributed by atoms with Gasteiger partial charge < -0.3 is 23.9 Å². The van der Waals surface area contributed by atoms with Gasteiger partial charge in [0.25, 0.3) is 5.91 Å². The zero-order valence-electron chi connectivity index (χ0n) is 16.0. The summed E-state index contributed by atoms with van der Waals surface area (Å²) in [7, 11) is 0. The van der Waals surface area contributed by atoms with Crippen LogP contribution in [0.25, 0.3) is 0 Å². The number of likely N-dealkylation sites (tertiary alicyclic amines) is 1. The zero-order chi connectivity index (χ0) is 20.1. The normalized spacial score (nSPS) is 20.0. The minimum atomic E-state index is -0.597. The average Bonchev–Trinajstić information content (AvgIpc) is 3.27. The Morgan fingerprint density at radius 1 is 1.04 bits per heavy atom. The average molecular weight is 391 g/mol. The molecule has 3 rings (SSSR count). The first kappa shape index (κ1) is 19.9. The molecule has 2 aliphatic heterocycles. The number of carbonyl (C=O) groups is 4. The van der Waals surface area contributed by atoms with Crippen LogP contribution in [-0.4, -0.2) is 84.3 Å². The van der Waals surface area contributed by atoms with Crippen LogP contribution in [0.5, 0.6) is 0 Å². The number of ether oxygens (including phenoxy) is 1. The second kappa shape index (κ2) is 8.90. The van der Waals surface area contributed by atoms with E-state index >= 15 is 0 Å². The van der Waals surface area contributed by atoms with Crippen molar-refractivity contribution >= 4 is 23.7 Å². The Morgan fingerprint density at radius 3 is 2.36 bits per heavy atom. The molecule has 0 saturated carbocycles. The minimum Gasteiger partial charge on any atom is -0.466 e. The highest BCUT2D eigenvalue weighted by atomic mass is 16.5. The monoisotopic (exact) mass is 391 g/mol. The zero-order valence-corrected chi connectivity index (χ0v) is 16.0. The third-order valence-corrected chi connectivity index (χ3v) is 5.10. The van der Waals surface area contributed by atoms with Gasteiger partial charge in [0.15, 0.2) is 5.76 Å².